The van der Waals surface area contributed by atoms with E-state index < -0.39 is 18.0 Å². The molecular formula is C11H19NO4. The number of likely N-dealkylation sites (N-methyl/N-ethyl adjacent to an activating group) is 1. The van der Waals surface area contributed by atoms with Crippen LogP contribution in [0.2, 0.25) is 0 Å². The minimum Gasteiger partial charge on any atom is -0.466 e. The lowest BCUT2D eigenvalue weighted by atomic mass is 10.2. The average Bonchev–Trinajstić information content (AvgIpc) is 2.22. The molecule has 0 aliphatic rings. The van der Waals surface area contributed by atoms with Crippen molar-refractivity contribution in [3.8, 4) is 0 Å². The van der Waals surface area contributed by atoms with Gasteiger partial charge in [0.05, 0.1) is 13.0 Å². The molecule has 92 valence electrons. The summed E-state index contributed by atoms with van der Waals surface area (Å²) in [5.41, 5.74) is 0. The lowest BCUT2D eigenvalue weighted by Gasteiger charge is -2.21. The van der Waals surface area contributed by atoms with Crippen LogP contribution in [0.25, 0.3) is 0 Å². The molecule has 0 aliphatic heterocycles. The van der Waals surface area contributed by atoms with E-state index in [1.54, 1.807) is 25.9 Å². The molecule has 0 bridgehead atoms. The van der Waals surface area contributed by atoms with E-state index in [2.05, 4.69) is 6.58 Å². The molecule has 0 saturated heterocycles. The second-order valence-electron chi connectivity index (χ2n) is 3.41. The minimum absolute atomic E-state index is 0.00316. The molecule has 0 aromatic heterocycles. The smallest absolute Gasteiger partial charge is 0.324 e. The highest BCUT2D eigenvalue weighted by Gasteiger charge is 2.25. The number of carbonyl (C=O) groups excluding carboxylic acids is 2. The second-order valence-corrected chi connectivity index (χ2v) is 3.41. The number of hydrogen-bond acceptors (Lipinski definition) is 5. The maximum absolute atomic E-state index is 11.6. The van der Waals surface area contributed by atoms with Gasteiger partial charge in [-0.05, 0) is 21.0 Å². The van der Waals surface area contributed by atoms with E-state index in [4.69, 9.17) is 9.47 Å². The third-order valence-corrected chi connectivity index (χ3v) is 1.90. The van der Waals surface area contributed by atoms with Crippen LogP contribution in [-0.4, -0.2) is 50.2 Å². The maximum Gasteiger partial charge on any atom is 0.324 e. The van der Waals surface area contributed by atoms with E-state index in [0.717, 1.165) is 0 Å². The number of hydrogen-bond donors (Lipinski definition) is 0. The quantitative estimate of drug-likeness (QED) is 0.472. The fourth-order valence-corrected chi connectivity index (χ4v) is 1.09. The van der Waals surface area contributed by atoms with E-state index >= 15 is 0 Å². The van der Waals surface area contributed by atoms with E-state index in [1.165, 1.54) is 6.08 Å². The van der Waals surface area contributed by atoms with E-state index in [9.17, 15) is 9.59 Å². The van der Waals surface area contributed by atoms with E-state index in [0.29, 0.717) is 6.61 Å². The van der Waals surface area contributed by atoms with Gasteiger partial charge in [-0.25, -0.2) is 0 Å². The van der Waals surface area contributed by atoms with Crippen LogP contribution in [0.1, 0.15) is 13.3 Å². The first-order valence-electron chi connectivity index (χ1n) is 5.12. The molecule has 0 amide bonds. The van der Waals surface area contributed by atoms with Crippen LogP contribution in [0.5, 0.6) is 0 Å². The van der Waals surface area contributed by atoms with Crippen molar-refractivity contribution in [3.05, 3.63) is 12.7 Å². The predicted molar refractivity (Wildman–Crippen MR) is 59.9 cm³/mol. The Bertz CT molecular complexity index is 250. The van der Waals surface area contributed by atoms with Gasteiger partial charge in [0.2, 0.25) is 0 Å². The van der Waals surface area contributed by atoms with Crippen molar-refractivity contribution in [2.45, 2.75) is 19.4 Å². The zero-order valence-electron chi connectivity index (χ0n) is 10.1. The van der Waals surface area contributed by atoms with E-state index in [-0.39, 0.29) is 13.0 Å². The molecule has 0 heterocycles. The Labute approximate surface area is 96.0 Å². The predicted octanol–water partition coefficient (Wildman–Crippen LogP) is 0.599. The molecule has 5 heteroatoms. The SMILES string of the molecule is C=CCOC(=O)C(CC(=O)OCC)N(C)C. The summed E-state index contributed by atoms with van der Waals surface area (Å²) in [6.07, 6.45) is 1.48. The van der Waals surface area contributed by atoms with Crippen LogP contribution >= 0.6 is 0 Å². The zero-order chi connectivity index (χ0) is 12.6. The third-order valence-electron chi connectivity index (χ3n) is 1.90. The van der Waals surface area contributed by atoms with Gasteiger partial charge in [0.15, 0.2) is 0 Å². The van der Waals surface area contributed by atoms with Crippen molar-refractivity contribution in [1.29, 1.82) is 0 Å². The van der Waals surface area contributed by atoms with Crippen molar-refractivity contribution in [2.75, 3.05) is 27.3 Å². The molecule has 0 aromatic carbocycles. The minimum atomic E-state index is -0.612. The molecular weight excluding hydrogens is 210 g/mol. The van der Waals surface area contributed by atoms with Crippen LogP contribution in [0.3, 0.4) is 0 Å². The summed E-state index contributed by atoms with van der Waals surface area (Å²) in [6.45, 7) is 5.62. The van der Waals surface area contributed by atoms with Crippen LogP contribution < -0.4 is 0 Å². The Morgan fingerprint density at radius 2 is 2.00 bits per heavy atom. The van der Waals surface area contributed by atoms with Gasteiger partial charge in [-0.15, -0.1) is 0 Å². The summed E-state index contributed by atoms with van der Waals surface area (Å²) in [5.74, 6) is -0.852. The Morgan fingerprint density at radius 1 is 1.38 bits per heavy atom. The highest BCUT2D eigenvalue weighted by atomic mass is 16.5. The van der Waals surface area contributed by atoms with Crippen molar-refractivity contribution in [2.24, 2.45) is 0 Å². The first-order chi connectivity index (χ1) is 7.52. The molecule has 1 atom stereocenters. The lowest BCUT2D eigenvalue weighted by molar-refractivity contribution is -0.154. The van der Waals surface area contributed by atoms with Crippen LogP contribution in [0.4, 0.5) is 0 Å². The maximum atomic E-state index is 11.6. The number of carbonyl (C=O) groups is 2. The standard InChI is InChI=1S/C11H19NO4/c1-5-7-16-11(14)9(12(3)4)8-10(13)15-6-2/h5,9H,1,6-8H2,2-4H3. The molecule has 0 spiro atoms. The molecule has 0 fully saturated rings. The first-order valence-corrected chi connectivity index (χ1v) is 5.12. The van der Waals surface area contributed by atoms with Crippen molar-refractivity contribution in [1.82, 2.24) is 4.90 Å². The molecule has 0 radical (unpaired) electrons. The monoisotopic (exact) mass is 229 g/mol. The number of rotatable bonds is 7. The molecule has 0 aromatic rings. The van der Waals surface area contributed by atoms with Gasteiger partial charge in [-0.2, -0.15) is 0 Å². The van der Waals surface area contributed by atoms with Gasteiger partial charge in [0, 0.05) is 0 Å². The van der Waals surface area contributed by atoms with Crippen molar-refractivity contribution < 1.29 is 19.1 Å². The summed E-state index contributed by atoms with van der Waals surface area (Å²) in [7, 11) is 3.41. The van der Waals surface area contributed by atoms with Gasteiger partial charge in [0.1, 0.15) is 12.6 Å². The number of ether oxygens (including phenoxy) is 2. The Balaban J connectivity index is 4.31. The van der Waals surface area contributed by atoms with Crippen LogP contribution in [-0.2, 0) is 19.1 Å². The molecule has 1 unspecified atom stereocenters. The Hall–Kier alpha value is -1.36. The molecule has 5 nitrogen and oxygen atoms in total. The lowest BCUT2D eigenvalue weighted by Crippen LogP contribution is -2.39. The van der Waals surface area contributed by atoms with E-state index in [1.807, 2.05) is 0 Å². The summed E-state index contributed by atoms with van der Waals surface area (Å²) < 4.78 is 9.67. The normalized spacial score (nSPS) is 12.0. The topological polar surface area (TPSA) is 55.8 Å². The molecule has 0 N–H and O–H groups in total. The van der Waals surface area contributed by atoms with Crippen molar-refractivity contribution in [3.63, 3.8) is 0 Å². The first kappa shape index (κ1) is 14.6. The summed E-state index contributed by atoms with van der Waals surface area (Å²) >= 11 is 0. The molecule has 0 rings (SSSR count). The van der Waals surface area contributed by atoms with Gasteiger partial charge < -0.3 is 9.47 Å². The summed E-state index contributed by atoms with van der Waals surface area (Å²) in [5, 5.41) is 0. The Kier molecular flexibility index (Phi) is 7.20. The van der Waals surface area contributed by atoms with Crippen molar-refractivity contribution >= 4 is 11.9 Å². The zero-order valence-corrected chi connectivity index (χ0v) is 10.1. The fraction of sp³-hybridized carbons (Fsp3) is 0.636. The summed E-state index contributed by atoms with van der Waals surface area (Å²) in [6, 6.07) is -0.612. The largest absolute Gasteiger partial charge is 0.466 e. The number of nitrogens with zero attached hydrogens (tertiary/aromatic N) is 1. The van der Waals surface area contributed by atoms with Gasteiger partial charge in [-0.1, -0.05) is 12.7 Å². The molecule has 0 aliphatic carbocycles. The highest BCUT2D eigenvalue weighted by Crippen LogP contribution is 2.04. The third kappa shape index (κ3) is 5.50. The van der Waals surface area contributed by atoms with Gasteiger partial charge in [0.25, 0.3) is 0 Å². The molecule has 0 saturated carbocycles. The van der Waals surface area contributed by atoms with Gasteiger partial charge in [-0.3, -0.25) is 14.5 Å². The highest BCUT2D eigenvalue weighted by molar-refractivity contribution is 5.82. The van der Waals surface area contributed by atoms with Crippen LogP contribution in [0.15, 0.2) is 12.7 Å². The Morgan fingerprint density at radius 3 is 2.44 bits per heavy atom. The average molecular weight is 229 g/mol. The number of esters is 2. The molecule has 16 heavy (non-hydrogen) atoms. The second kappa shape index (κ2) is 7.87. The fourth-order valence-electron chi connectivity index (χ4n) is 1.09. The summed E-state index contributed by atoms with van der Waals surface area (Å²) in [4.78, 5) is 24.5. The van der Waals surface area contributed by atoms with Crippen LogP contribution in [0, 0.1) is 0 Å². The van der Waals surface area contributed by atoms with Gasteiger partial charge >= 0.3 is 11.9 Å².